The van der Waals surface area contributed by atoms with Crippen molar-refractivity contribution in [1.82, 2.24) is 34.7 Å². The van der Waals surface area contributed by atoms with Gasteiger partial charge in [-0.15, -0.1) is 0 Å². The summed E-state index contributed by atoms with van der Waals surface area (Å²) >= 11 is 0. The lowest BCUT2D eigenvalue weighted by Crippen LogP contribution is -2.65. The Bertz CT molecular complexity index is 1550. The van der Waals surface area contributed by atoms with Crippen molar-refractivity contribution in [2.75, 3.05) is 18.0 Å². The molecule has 0 radical (unpaired) electrons. The fraction of sp³-hybridized carbons (Fsp3) is 0.407. The predicted molar refractivity (Wildman–Crippen MR) is 140 cm³/mol. The van der Waals surface area contributed by atoms with Gasteiger partial charge in [0.05, 0.1) is 30.0 Å². The molecular weight excluding hydrogens is 482 g/mol. The molecule has 1 aliphatic carbocycles. The highest BCUT2D eigenvalue weighted by Gasteiger charge is 2.48. The molecule has 2 aliphatic heterocycles. The molecule has 7 rings (SSSR count). The first-order valence-corrected chi connectivity index (χ1v) is 12.7. The Morgan fingerprint density at radius 3 is 2.53 bits per heavy atom. The number of hydrogen-bond acceptors (Lipinski definition) is 8. The van der Waals surface area contributed by atoms with Crippen LogP contribution in [0.4, 0.5) is 10.6 Å². The third kappa shape index (κ3) is 4.32. The number of alkyl carbamates (subject to hydrolysis) is 1. The standard InChI is InChI=1S/C27H29N9O2/c1-27(2,3)38-26(37)33-23-17-7-18(23)14-35(13-17)22-6-5-16(9-29-22)24-25-19(8-28)10-31-36(25)15-21(32-24)20-11-30-34(4)12-20/h5-6,9-12,15,17-18,23H,7,13-14H2,1-4H3,(H,33,37)/t17-,18+,23?. The number of pyridine rings is 1. The second-order valence-electron chi connectivity index (χ2n) is 11.1. The van der Waals surface area contributed by atoms with Crippen LogP contribution in [0.1, 0.15) is 32.8 Å². The molecule has 11 nitrogen and oxygen atoms in total. The van der Waals surface area contributed by atoms with Gasteiger partial charge in [-0.3, -0.25) is 4.68 Å². The third-order valence-electron chi connectivity index (χ3n) is 7.18. The molecule has 38 heavy (non-hydrogen) atoms. The van der Waals surface area contributed by atoms with E-state index >= 15 is 0 Å². The number of rotatable bonds is 4. The molecule has 4 aromatic rings. The van der Waals surface area contributed by atoms with Crippen molar-refractivity contribution in [1.29, 1.82) is 5.26 Å². The van der Waals surface area contributed by atoms with Gasteiger partial charge in [0.25, 0.3) is 0 Å². The first kappa shape index (κ1) is 23.9. The number of aryl methyl sites for hydroxylation is 1. The van der Waals surface area contributed by atoms with Crippen molar-refractivity contribution in [3.05, 3.63) is 48.7 Å². The second-order valence-corrected chi connectivity index (χ2v) is 11.1. The number of amides is 1. The van der Waals surface area contributed by atoms with Gasteiger partial charge in [0.15, 0.2) is 0 Å². The van der Waals surface area contributed by atoms with Gasteiger partial charge < -0.3 is 15.0 Å². The Labute approximate surface area is 220 Å². The topological polar surface area (TPSA) is 126 Å². The largest absolute Gasteiger partial charge is 0.444 e. The number of nitrogens with one attached hydrogen (secondary N) is 1. The van der Waals surface area contributed by atoms with Crippen molar-refractivity contribution >= 4 is 17.4 Å². The van der Waals surface area contributed by atoms with E-state index in [9.17, 15) is 10.1 Å². The summed E-state index contributed by atoms with van der Waals surface area (Å²) in [6.45, 7) is 7.26. The van der Waals surface area contributed by atoms with E-state index in [1.54, 1.807) is 34.0 Å². The van der Waals surface area contributed by atoms with Gasteiger partial charge in [-0.05, 0) is 51.2 Å². The van der Waals surface area contributed by atoms with Gasteiger partial charge in [-0.25, -0.2) is 19.3 Å². The number of anilines is 1. The lowest BCUT2D eigenvalue weighted by Gasteiger charge is -2.53. The smallest absolute Gasteiger partial charge is 0.407 e. The average Bonchev–Trinajstić information content (AvgIpc) is 3.52. The number of piperidine rings is 2. The summed E-state index contributed by atoms with van der Waals surface area (Å²) in [5.74, 6) is 1.61. The SMILES string of the molecule is Cn1cc(-c2cn3ncc(C#N)c3c(-c3ccc(N4C[C@H]5C[C@@H](C4)C5NC(=O)OC(C)(C)C)nc3)n2)cn1. The van der Waals surface area contributed by atoms with Crippen molar-refractivity contribution in [3.63, 3.8) is 0 Å². The number of aromatic nitrogens is 6. The van der Waals surface area contributed by atoms with Gasteiger partial charge >= 0.3 is 6.09 Å². The number of carbonyl (C=O) groups excluding carboxylic acids is 1. The minimum atomic E-state index is -0.510. The zero-order valence-corrected chi connectivity index (χ0v) is 21.8. The summed E-state index contributed by atoms with van der Waals surface area (Å²) in [6.07, 6.45) is 9.54. The van der Waals surface area contributed by atoms with Crippen LogP contribution in [-0.4, -0.2) is 60.2 Å². The van der Waals surface area contributed by atoms with E-state index in [4.69, 9.17) is 14.7 Å². The molecular formula is C27H29N9O2. The second kappa shape index (κ2) is 8.83. The highest BCUT2D eigenvalue weighted by Crippen LogP contribution is 2.41. The monoisotopic (exact) mass is 511 g/mol. The molecule has 2 saturated heterocycles. The maximum Gasteiger partial charge on any atom is 0.407 e. The van der Waals surface area contributed by atoms with Crippen molar-refractivity contribution in [2.24, 2.45) is 18.9 Å². The van der Waals surface area contributed by atoms with Crippen LogP contribution >= 0.6 is 0 Å². The van der Waals surface area contributed by atoms with Crippen LogP contribution in [0.25, 0.3) is 28.0 Å². The van der Waals surface area contributed by atoms with Crippen LogP contribution in [0, 0.1) is 23.2 Å². The summed E-state index contributed by atoms with van der Waals surface area (Å²) in [5, 5.41) is 21.4. The number of nitriles is 1. The lowest BCUT2D eigenvalue weighted by atomic mass is 9.66. The molecule has 194 valence electrons. The van der Waals surface area contributed by atoms with E-state index in [1.165, 1.54) is 0 Å². The van der Waals surface area contributed by atoms with Crippen LogP contribution in [-0.2, 0) is 11.8 Å². The van der Waals surface area contributed by atoms with E-state index in [0.717, 1.165) is 36.5 Å². The Balaban J connectivity index is 1.23. The normalized spacial score (nSPS) is 20.6. The summed E-state index contributed by atoms with van der Waals surface area (Å²) < 4.78 is 8.85. The number of ether oxygens (including phenoxy) is 1. The summed E-state index contributed by atoms with van der Waals surface area (Å²) in [5.41, 5.74) is 3.59. The van der Waals surface area contributed by atoms with Crippen molar-refractivity contribution < 1.29 is 9.53 Å². The fourth-order valence-electron chi connectivity index (χ4n) is 5.46. The molecule has 0 aromatic carbocycles. The number of carbonyl (C=O) groups is 1. The highest BCUT2D eigenvalue weighted by molar-refractivity contribution is 5.83. The van der Waals surface area contributed by atoms with Crippen LogP contribution < -0.4 is 10.2 Å². The van der Waals surface area contributed by atoms with Crippen LogP contribution in [0.5, 0.6) is 0 Å². The fourth-order valence-corrected chi connectivity index (χ4v) is 5.46. The minimum Gasteiger partial charge on any atom is -0.444 e. The average molecular weight is 512 g/mol. The maximum atomic E-state index is 12.3. The van der Waals surface area contributed by atoms with Gasteiger partial charge in [0, 0.05) is 49.7 Å². The molecule has 1 unspecified atom stereocenters. The summed E-state index contributed by atoms with van der Waals surface area (Å²) in [7, 11) is 1.85. The quantitative estimate of drug-likeness (QED) is 0.442. The third-order valence-corrected chi connectivity index (χ3v) is 7.18. The van der Waals surface area contributed by atoms with Gasteiger partial charge in [0.1, 0.15) is 28.6 Å². The number of fused-ring (bicyclic) bond motifs is 3. The van der Waals surface area contributed by atoms with Crippen molar-refractivity contribution in [3.8, 4) is 28.6 Å². The Morgan fingerprint density at radius 2 is 1.89 bits per heavy atom. The van der Waals surface area contributed by atoms with Gasteiger partial charge in [-0.1, -0.05) is 0 Å². The molecule has 6 heterocycles. The molecule has 11 heteroatoms. The van der Waals surface area contributed by atoms with Gasteiger partial charge in [0.2, 0.25) is 0 Å². The van der Waals surface area contributed by atoms with Crippen LogP contribution in [0.15, 0.2) is 43.1 Å². The molecule has 3 aliphatic rings. The predicted octanol–water partition coefficient (Wildman–Crippen LogP) is 3.41. The molecule has 1 saturated carbocycles. The molecule has 0 spiro atoms. The van der Waals surface area contributed by atoms with E-state index in [1.807, 2.05) is 46.1 Å². The number of nitrogens with zero attached hydrogens (tertiary/aromatic N) is 8. The molecule has 3 fully saturated rings. The molecule has 4 aromatic heterocycles. The molecule has 3 atom stereocenters. The number of hydrogen-bond donors (Lipinski definition) is 1. The molecule has 1 amide bonds. The highest BCUT2D eigenvalue weighted by atomic mass is 16.6. The van der Waals surface area contributed by atoms with E-state index in [-0.39, 0.29) is 12.1 Å². The first-order valence-electron chi connectivity index (χ1n) is 12.7. The Kier molecular flexibility index (Phi) is 5.56. The zero-order valence-electron chi connectivity index (χ0n) is 21.8. The zero-order chi connectivity index (χ0) is 26.6. The van der Waals surface area contributed by atoms with E-state index in [2.05, 4.69) is 26.5 Å². The van der Waals surface area contributed by atoms with E-state index in [0.29, 0.717) is 34.3 Å². The lowest BCUT2D eigenvalue weighted by molar-refractivity contribution is 0.0283. The summed E-state index contributed by atoms with van der Waals surface area (Å²) in [6, 6.07) is 6.34. The summed E-state index contributed by atoms with van der Waals surface area (Å²) in [4.78, 5) is 24.2. The first-order chi connectivity index (χ1) is 18.2. The molecule has 2 bridgehead atoms. The van der Waals surface area contributed by atoms with Gasteiger partial charge in [-0.2, -0.15) is 15.5 Å². The minimum absolute atomic E-state index is 0.138. The Hall–Kier alpha value is -4.46. The van der Waals surface area contributed by atoms with Crippen LogP contribution in [0.2, 0.25) is 0 Å². The van der Waals surface area contributed by atoms with Crippen LogP contribution in [0.3, 0.4) is 0 Å². The van der Waals surface area contributed by atoms with E-state index < -0.39 is 5.60 Å². The van der Waals surface area contributed by atoms with Crippen molar-refractivity contribution in [2.45, 2.75) is 38.8 Å². The molecule has 1 N–H and O–H groups in total. The maximum absolute atomic E-state index is 12.3. The Morgan fingerprint density at radius 1 is 1.11 bits per heavy atom.